The van der Waals surface area contributed by atoms with Crippen molar-refractivity contribution in [3.63, 3.8) is 0 Å². The molecule has 1 amide bonds. The van der Waals surface area contributed by atoms with Crippen molar-refractivity contribution < 1.29 is 13.6 Å². The highest BCUT2D eigenvalue weighted by Gasteiger charge is 2.42. The maximum atomic E-state index is 12.9. The van der Waals surface area contributed by atoms with Gasteiger partial charge in [0.1, 0.15) is 0 Å². The molecule has 0 saturated carbocycles. The number of benzene rings is 1. The van der Waals surface area contributed by atoms with Crippen molar-refractivity contribution in [3.05, 3.63) is 35.4 Å². The Balaban J connectivity index is 1.86. The third-order valence-corrected chi connectivity index (χ3v) is 2.98. The molecular formula is C13H16F2N2O. The molecule has 98 valence electrons. The Kier molecular flexibility index (Phi) is 3.61. The van der Waals surface area contributed by atoms with Crippen LogP contribution in [0.15, 0.2) is 24.3 Å². The van der Waals surface area contributed by atoms with Crippen molar-refractivity contribution in [1.29, 1.82) is 0 Å². The molecule has 1 aromatic carbocycles. The molecule has 0 aromatic heterocycles. The van der Waals surface area contributed by atoms with E-state index in [0.29, 0.717) is 6.54 Å². The monoisotopic (exact) mass is 254 g/mol. The van der Waals surface area contributed by atoms with Gasteiger partial charge in [-0.1, -0.05) is 29.8 Å². The van der Waals surface area contributed by atoms with E-state index in [-0.39, 0.29) is 5.91 Å². The molecule has 1 fully saturated rings. The first-order valence-electron chi connectivity index (χ1n) is 5.91. The van der Waals surface area contributed by atoms with Gasteiger partial charge in [0.05, 0.1) is 12.6 Å². The third kappa shape index (κ3) is 3.26. The molecule has 0 spiro atoms. The summed E-state index contributed by atoms with van der Waals surface area (Å²) in [5.41, 5.74) is 2.07. The minimum absolute atomic E-state index is 0.365. The van der Waals surface area contributed by atoms with E-state index in [0.717, 1.165) is 11.1 Å². The van der Waals surface area contributed by atoms with Crippen LogP contribution in [0.3, 0.4) is 0 Å². The average molecular weight is 254 g/mol. The summed E-state index contributed by atoms with van der Waals surface area (Å²) in [6, 6.07) is 6.93. The van der Waals surface area contributed by atoms with Crippen molar-refractivity contribution in [1.82, 2.24) is 10.6 Å². The lowest BCUT2D eigenvalue weighted by atomic mass is 10.1. The van der Waals surface area contributed by atoms with E-state index in [1.807, 2.05) is 31.2 Å². The van der Waals surface area contributed by atoms with Crippen LogP contribution >= 0.6 is 0 Å². The van der Waals surface area contributed by atoms with Gasteiger partial charge < -0.3 is 5.32 Å². The Morgan fingerprint density at radius 3 is 2.94 bits per heavy atom. The van der Waals surface area contributed by atoms with Gasteiger partial charge in [-0.25, -0.2) is 8.78 Å². The van der Waals surface area contributed by atoms with Crippen molar-refractivity contribution in [2.45, 2.75) is 31.9 Å². The third-order valence-electron chi connectivity index (χ3n) is 2.98. The van der Waals surface area contributed by atoms with Crippen LogP contribution in [0.4, 0.5) is 8.78 Å². The maximum Gasteiger partial charge on any atom is 0.262 e. The second-order valence-corrected chi connectivity index (χ2v) is 4.70. The SMILES string of the molecule is Cc1cccc(CNC(=O)C2CC(F)(F)CN2)c1. The van der Waals surface area contributed by atoms with Gasteiger partial charge in [-0.15, -0.1) is 0 Å². The van der Waals surface area contributed by atoms with E-state index in [4.69, 9.17) is 0 Å². The fourth-order valence-electron chi connectivity index (χ4n) is 2.04. The number of nitrogens with one attached hydrogen (secondary N) is 2. The molecule has 0 bridgehead atoms. The molecule has 1 aliphatic rings. The number of alkyl halides is 2. The summed E-state index contributed by atoms with van der Waals surface area (Å²) in [6.45, 7) is 1.91. The summed E-state index contributed by atoms with van der Waals surface area (Å²) >= 11 is 0. The number of amides is 1. The highest BCUT2D eigenvalue weighted by molar-refractivity contribution is 5.82. The lowest BCUT2D eigenvalue weighted by Gasteiger charge is -2.11. The van der Waals surface area contributed by atoms with Crippen LogP contribution in [0.2, 0.25) is 0 Å². The molecule has 5 heteroatoms. The van der Waals surface area contributed by atoms with E-state index in [1.165, 1.54) is 0 Å². The first kappa shape index (κ1) is 13.0. The van der Waals surface area contributed by atoms with Crippen molar-refractivity contribution in [3.8, 4) is 0 Å². The second-order valence-electron chi connectivity index (χ2n) is 4.70. The number of aryl methyl sites for hydroxylation is 1. The molecule has 1 atom stereocenters. The number of carbonyl (C=O) groups excluding carboxylic acids is 1. The van der Waals surface area contributed by atoms with Crippen molar-refractivity contribution >= 4 is 5.91 Å². The molecule has 3 nitrogen and oxygen atoms in total. The van der Waals surface area contributed by atoms with Crippen LogP contribution < -0.4 is 10.6 Å². The Hall–Kier alpha value is -1.49. The number of rotatable bonds is 3. The first-order valence-corrected chi connectivity index (χ1v) is 5.91. The van der Waals surface area contributed by atoms with Gasteiger partial charge in [0.25, 0.3) is 5.92 Å². The van der Waals surface area contributed by atoms with E-state index in [9.17, 15) is 13.6 Å². The molecule has 2 rings (SSSR count). The second kappa shape index (κ2) is 5.02. The quantitative estimate of drug-likeness (QED) is 0.860. The van der Waals surface area contributed by atoms with Gasteiger partial charge in [-0.05, 0) is 12.5 Å². The van der Waals surface area contributed by atoms with Crippen LogP contribution in [0, 0.1) is 6.92 Å². The molecule has 0 radical (unpaired) electrons. The summed E-state index contributed by atoms with van der Waals surface area (Å²) < 4.78 is 25.9. The Morgan fingerprint density at radius 1 is 1.56 bits per heavy atom. The largest absolute Gasteiger partial charge is 0.351 e. The lowest BCUT2D eigenvalue weighted by molar-refractivity contribution is -0.123. The van der Waals surface area contributed by atoms with E-state index in [1.54, 1.807) is 0 Å². The zero-order chi connectivity index (χ0) is 13.2. The molecule has 18 heavy (non-hydrogen) atoms. The van der Waals surface area contributed by atoms with Gasteiger partial charge in [-0.2, -0.15) is 0 Å². The van der Waals surface area contributed by atoms with Gasteiger partial charge >= 0.3 is 0 Å². The van der Waals surface area contributed by atoms with Crippen molar-refractivity contribution in [2.24, 2.45) is 0 Å². The molecule has 0 aliphatic carbocycles. The molecule has 1 heterocycles. The van der Waals surface area contributed by atoms with Crippen LogP contribution in [0.5, 0.6) is 0 Å². The lowest BCUT2D eigenvalue weighted by Crippen LogP contribution is -2.40. The smallest absolute Gasteiger partial charge is 0.262 e. The number of carbonyl (C=O) groups is 1. The summed E-state index contributed by atoms with van der Waals surface area (Å²) in [6.07, 6.45) is -0.424. The van der Waals surface area contributed by atoms with Crippen LogP contribution in [-0.2, 0) is 11.3 Å². The van der Waals surface area contributed by atoms with Crippen LogP contribution in [0.1, 0.15) is 17.5 Å². The van der Waals surface area contributed by atoms with Gasteiger partial charge in [0.15, 0.2) is 0 Å². The normalized spacial score (nSPS) is 21.8. The van der Waals surface area contributed by atoms with E-state index < -0.39 is 24.9 Å². The predicted molar refractivity (Wildman–Crippen MR) is 64.4 cm³/mol. The zero-order valence-electron chi connectivity index (χ0n) is 10.2. The van der Waals surface area contributed by atoms with Crippen molar-refractivity contribution in [2.75, 3.05) is 6.54 Å². The Labute approximate surface area is 105 Å². The molecule has 1 aliphatic heterocycles. The molecule has 1 unspecified atom stereocenters. The zero-order valence-corrected chi connectivity index (χ0v) is 10.2. The minimum atomic E-state index is -2.77. The molecule has 2 N–H and O–H groups in total. The summed E-state index contributed by atoms with van der Waals surface area (Å²) in [5.74, 6) is -3.14. The highest BCUT2D eigenvalue weighted by atomic mass is 19.3. The average Bonchev–Trinajstić information content (AvgIpc) is 2.67. The topological polar surface area (TPSA) is 41.1 Å². The van der Waals surface area contributed by atoms with Gasteiger partial charge in [0, 0.05) is 13.0 Å². The highest BCUT2D eigenvalue weighted by Crippen LogP contribution is 2.25. The van der Waals surface area contributed by atoms with E-state index >= 15 is 0 Å². The molecule has 1 aromatic rings. The first-order chi connectivity index (χ1) is 8.46. The fourth-order valence-corrected chi connectivity index (χ4v) is 2.04. The standard InChI is InChI=1S/C13H16F2N2O/c1-9-3-2-4-10(5-9)7-16-12(18)11-6-13(14,15)8-17-11/h2-5,11,17H,6-8H2,1H3,(H,16,18). The summed E-state index contributed by atoms with van der Waals surface area (Å²) in [5, 5.41) is 5.20. The van der Waals surface area contributed by atoms with Crippen LogP contribution in [-0.4, -0.2) is 24.4 Å². The van der Waals surface area contributed by atoms with E-state index in [2.05, 4.69) is 10.6 Å². The Morgan fingerprint density at radius 2 is 2.33 bits per heavy atom. The minimum Gasteiger partial charge on any atom is -0.351 e. The number of hydrogen-bond acceptors (Lipinski definition) is 2. The maximum absolute atomic E-state index is 12.9. The fraction of sp³-hybridized carbons (Fsp3) is 0.462. The molecule has 1 saturated heterocycles. The predicted octanol–water partition coefficient (Wildman–Crippen LogP) is 1.61. The summed E-state index contributed by atoms with van der Waals surface area (Å²) in [7, 11) is 0. The molecular weight excluding hydrogens is 238 g/mol. The number of halogens is 2. The van der Waals surface area contributed by atoms with Gasteiger partial charge in [-0.3, -0.25) is 10.1 Å². The summed E-state index contributed by atoms with van der Waals surface area (Å²) in [4.78, 5) is 11.7. The van der Waals surface area contributed by atoms with Crippen LogP contribution in [0.25, 0.3) is 0 Å². The Bertz CT molecular complexity index is 448. The number of hydrogen-bond donors (Lipinski definition) is 2. The van der Waals surface area contributed by atoms with Gasteiger partial charge in [0.2, 0.25) is 5.91 Å².